The van der Waals surface area contributed by atoms with Gasteiger partial charge in [-0.1, -0.05) is 12.1 Å². The number of aryl methyl sites for hydroxylation is 2. The largest absolute Gasteiger partial charge is 0.457 e. The highest BCUT2D eigenvalue weighted by Crippen LogP contribution is 2.24. The van der Waals surface area contributed by atoms with E-state index in [0.717, 1.165) is 40.9 Å². The predicted octanol–water partition coefficient (Wildman–Crippen LogP) is 4.35. The van der Waals surface area contributed by atoms with Crippen LogP contribution in [-0.2, 0) is 11.3 Å². The lowest BCUT2D eigenvalue weighted by molar-refractivity contribution is 0.0474. The monoisotopic (exact) mass is 390 g/mol. The van der Waals surface area contributed by atoms with Crippen molar-refractivity contribution in [3.8, 4) is 0 Å². The Bertz CT molecular complexity index is 1180. The molecule has 4 rings (SSSR count). The number of carbonyl (C=O) groups is 1. The molecule has 29 heavy (non-hydrogen) atoms. The minimum Gasteiger partial charge on any atom is -0.457 e. The zero-order chi connectivity index (χ0) is 20.5. The number of nitrogens with zero attached hydrogens (tertiary/aromatic N) is 2. The first-order chi connectivity index (χ1) is 13.9. The number of ether oxygens (including phenoxy) is 1. The molecule has 0 atom stereocenters. The smallest absolute Gasteiger partial charge is 0.338 e. The number of hydrazone groups is 1. The molecule has 0 unspecified atom stereocenters. The Morgan fingerprint density at radius 2 is 1.90 bits per heavy atom. The third kappa shape index (κ3) is 3.78. The predicted molar refractivity (Wildman–Crippen MR) is 113 cm³/mol. The number of hydrogen-bond acceptors (Lipinski definition) is 6. The van der Waals surface area contributed by atoms with Crippen molar-refractivity contribution in [1.29, 1.82) is 0 Å². The van der Waals surface area contributed by atoms with Gasteiger partial charge in [0.1, 0.15) is 12.2 Å². The number of hydrogen-bond donors (Lipinski definition) is 0. The van der Waals surface area contributed by atoms with E-state index in [4.69, 9.17) is 9.15 Å². The normalized spacial score (nSPS) is 13.6. The molecule has 1 aliphatic heterocycles. The van der Waals surface area contributed by atoms with Gasteiger partial charge < -0.3 is 9.15 Å². The Morgan fingerprint density at radius 1 is 1.14 bits per heavy atom. The average molecular weight is 390 g/mol. The average Bonchev–Trinajstić information content (AvgIpc) is 3.15. The molecule has 0 fully saturated rings. The number of benzene rings is 2. The van der Waals surface area contributed by atoms with Crippen LogP contribution in [0.4, 0.5) is 5.69 Å². The third-order valence-corrected chi connectivity index (χ3v) is 5.25. The molecule has 1 aromatic heterocycles. The zero-order valence-corrected chi connectivity index (χ0v) is 16.7. The van der Waals surface area contributed by atoms with Crippen LogP contribution in [0.25, 0.3) is 11.0 Å². The van der Waals surface area contributed by atoms with Crippen LogP contribution in [0.3, 0.4) is 0 Å². The first-order valence-electron chi connectivity index (χ1n) is 9.54. The van der Waals surface area contributed by atoms with Gasteiger partial charge in [0, 0.05) is 35.7 Å². The summed E-state index contributed by atoms with van der Waals surface area (Å²) in [5.74, 6) is -0.442. The fourth-order valence-corrected chi connectivity index (χ4v) is 3.40. The van der Waals surface area contributed by atoms with Crippen LogP contribution in [0.5, 0.6) is 0 Å². The van der Waals surface area contributed by atoms with E-state index in [2.05, 4.69) is 5.10 Å². The summed E-state index contributed by atoms with van der Waals surface area (Å²) in [4.78, 5) is 24.4. The van der Waals surface area contributed by atoms with Crippen molar-refractivity contribution in [1.82, 2.24) is 0 Å². The van der Waals surface area contributed by atoms with E-state index in [0.29, 0.717) is 16.7 Å². The third-order valence-electron chi connectivity index (χ3n) is 5.25. The van der Waals surface area contributed by atoms with Crippen LogP contribution in [-0.4, -0.2) is 18.2 Å². The summed E-state index contributed by atoms with van der Waals surface area (Å²) < 4.78 is 10.8. The highest BCUT2D eigenvalue weighted by atomic mass is 16.5. The van der Waals surface area contributed by atoms with Crippen LogP contribution in [0.15, 0.2) is 56.8 Å². The van der Waals surface area contributed by atoms with Gasteiger partial charge in [0.15, 0.2) is 0 Å². The van der Waals surface area contributed by atoms with Crippen molar-refractivity contribution >= 4 is 28.3 Å². The molecule has 2 heterocycles. The maximum Gasteiger partial charge on any atom is 0.338 e. The van der Waals surface area contributed by atoms with Crippen LogP contribution in [0, 0.1) is 13.8 Å². The Kier molecular flexibility index (Phi) is 4.92. The van der Waals surface area contributed by atoms with Crippen molar-refractivity contribution < 1.29 is 13.9 Å². The molecule has 0 saturated carbocycles. The van der Waals surface area contributed by atoms with E-state index in [-0.39, 0.29) is 6.61 Å². The molecule has 3 aromatic rings. The summed E-state index contributed by atoms with van der Waals surface area (Å²) in [6.45, 7) is 6.71. The highest BCUT2D eigenvalue weighted by molar-refractivity contribution is 5.90. The maximum absolute atomic E-state index is 12.5. The number of carbonyl (C=O) groups excluding carboxylic acids is 1. The molecule has 0 aliphatic carbocycles. The Morgan fingerprint density at radius 3 is 2.59 bits per heavy atom. The second-order valence-corrected chi connectivity index (χ2v) is 7.31. The number of rotatable bonds is 4. The fraction of sp³-hybridized carbons (Fsp3) is 0.261. The van der Waals surface area contributed by atoms with Gasteiger partial charge in [0.2, 0.25) is 0 Å². The van der Waals surface area contributed by atoms with Crippen LogP contribution < -0.4 is 10.6 Å². The lowest BCUT2D eigenvalue weighted by Gasteiger charge is -2.14. The van der Waals surface area contributed by atoms with E-state index in [9.17, 15) is 9.59 Å². The van der Waals surface area contributed by atoms with Gasteiger partial charge in [0.05, 0.1) is 11.3 Å². The van der Waals surface area contributed by atoms with Crippen molar-refractivity contribution in [3.05, 3.63) is 75.1 Å². The summed E-state index contributed by atoms with van der Waals surface area (Å²) >= 11 is 0. The lowest BCUT2D eigenvalue weighted by atomic mass is 10.0. The van der Waals surface area contributed by atoms with Crippen molar-refractivity contribution in [2.75, 3.05) is 11.6 Å². The molecular formula is C23H22N2O4. The summed E-state index contributed by atoms with van der Waals surface area (Å²) in [6, 6.07) is 12.4. The van der Waals surface area contributed by atoms with Gasteiger partial charge in [-0.05, 0) is 56.2 Å². The SMILES string of the molecule is CC1=NN(c2ccc(C(=O)OCc3cc(=O)oc4c(C)c(C)ccc34)cc2)CC1. The van der Waals surface area contributed by atoms with E-state index in [1.54, 1.807) is 12.1 Å². The van der Waals surface area contributed by atoms with Gasteiger partial charge in [0.25, 0.3) is 0 Å². The van der Waals surface area contributed by atoms with Crippen LogP contribution >= 0.6 is 0 Å². The first kappa shape index (κ1) is 18.9. The summed E-state index contributed by atoms with van der Waals surface area (Å²) in [5.41, 5.74) is 5.14. The van der Waals surface area contributed by atoms with Gasteiger partial charge >= 0.3 is 11.6 Å². The Labute approximate surface area is 168 Å². The molecule has 2 aromatic carbocycles. The molecule has 0 radical (unpaired) electrons. The molecule has 0 amide bonds. The van der Waals surface area contributed by atoms with E-state index in [1.807, 2.05) is 50.0 Å². The molecule has 1 aliphatic rings. The summed E-state index contributed by atoms with van der Waals surface area (Å²) in [6.07, 6.45) is 0.946. The van der Waals surface area contributed by atoms with Crippen molar-refractivity contribution in [3.63, 3.8) is 0 Å². The zero-order valence-electron chi connectivity index (χ0n) is 16.7. The second kappa shape index (κ2) is 7.54. The molecular weight excluding hydrogens is 368 g/mol. The molecule has 0 bridgehead atoms. The Hall–Kier alpha value is -3.41. The van der Waals surface area contributed by atoms with Crippen LogP contribution in [0.1, 0.15) is 40.4 Å². The number of esters is 1. The molecule has 0 N–H and O–H groups in total. The van der Waals surface area contributed by atoms with Crippen LogP contribution in [0.2, 0.25) is 0 Å². The summed E-state index contributed by atoms with van der Waals surface area (Å²) in [7, 11) is 0. The minimum atomic E-state index is -0.455. The van der Waals surface area contributed by atoms with Gasteiger partial charge in [-0.15, -0.1) is 0 Å². The molecule has 6 heteroatoms. The van der Waals surface area contributed by atoms with E-state index >= 15 is 0 Å². The van der Waals surface area contributed by atoms with Gasteiger partial charge in [-0.2, -0.15) is 5.10 Å². The molecule has 0 spiro atoms. The Balaban J connectivity index is 1.51. The highest BCUT2D eigenvalue weighted by Gasteiger charge is 2.15. The summed E-state index contributed by atoms with van der Waals surface area (Å²) in [5, 5.41) is 7.15. The minimum absolute atomic E-state index is 0.000792. The number of anilines is 1. The standard InChI is InChI=1S/C23H22N2O4/c1-14-4-9-20-18(12-21(26)29-22(20)16(14)3)13-28-23(27)17-5-7-19(8-6-17)25-11-10-15(2)24-25/h4-9,12H,10-11,13H2,1-3H3. The lowest BCUT2D eigenvalue weighted by Crippen LogP contribution is -2.12. The maximum atomic E-state index is 12.5. The van der Waals surface area contributed by atoms with Gasteiger partial charge in [-0.3, -0.25) is 5.01 Å². The first-order valence-corrected chi connectivity index (χ1v) is 9.54. The second-order valence-electron chi connectivity index (χ2n) is 7.31. The molecule has 6 nitrogen and oxygen atoms in total. The topological polar surface area (TPSA) is 72.1 Å². The van der Waals surface area contributed by atoms with Crippen molar-refractivity contribution in [2.45, 2.75) is 33.8 Å². The van der Waals surface area contributed by atoms with Gasteiger partial charge in [-0.25, -0.2) is 9.59 Å². The molecule has 0 saturated heterocycles. The van der Waals surface area contributed by atoms with E-state index < -0.39 is 11.6 Å². The molecule has 148 valence electrons. The fourth-order valence-electron chi connectivity index (χ4n) is 3.40. The quantitative estimate of drug-likeness (QED) is 0.489. The van der Waals surface area contributed by atoms with Crippen molar-refractivity contribution in [2.24, 2.45) is 5.10 Å². The van der Waals surface area contributed by atoms with E-state index in [1.165, 1.54) is 6.07 Å². The number of fused-ring (bicyclic) bond motifs is 1.